The minimum Gasteiger partial charge on any atom is -0.469 e. The van der Waals surface area contributed by atoms with E-state index in [1.54, 1.807) is 4.90 Å². The molecule has 0 spiro atoms. The van der Waals surface area contributed by atoms with Gasteiger partial charge in [0.25, 0.3) is 0 Å². The molecule has 28 heavy (non-hydrogen) atoms. The number of carbonyl (C=O) groups excluding carboxylic acids is 1. The van der Waals surface area contributed by atoms with E-state index in [-0.39, 0.29) is 17.6 Å². The van der Waals surface area contributed by atoms with Gasteiger partial charge in [-0.2, -0.15) is 0 Å². The lowest BCUT2D eigenvalue weighted by atomic mass is 9.82. The van der Waals surface area contributed by atoms with E-state index in [4.69, 9.17) is 15.9 Å². The SMILES string of the molecule is C=CN(C(=N)C(C)([C@@H](CF)C(=O)OC)N1CCC(N)C1)c1ccc(F)cc1F. The molecule has 0 saturated carbocycles. The standard InChI is InChI=1S/C19H25F3N4O2/c1-4-26(16-6-5-12(21)9-15(16)22)18(24)19(2,14(10-20)17(27)28-3)25-8-7-13(23)11-25/h4-6,9,13-14,24H,1,7-8,10-11,23H2,2-3H3/t13?,14-,19?/m0/s1. The molecule has 1 aliphatic rings. The molecule has 1 fully saturated rings. The molecule has 9 heteroatoms. The molecule has 1 aromatic rings. The fourth-order valence-corrected chi connectivity index (χ4v) is 3.56. The van der Waals surface area contributed by atoms with Crippen LogP contribution in [-0.2, 0) is 9.53 Å². The van der Waals surface area contributed by atoms with Crippen LogP contribution in [0.1, 0.15) is 13.3 Å². The molecule has 0 amide bonds. The summed E-state index contributed by atoms with van der Waals surface area (Å²) < 4.78 is 46.4. The van der Waals surface area contributed by atoms with Gasteiger partial charge in [-0.05, 0) is 25.5 Å². The van der Waals surface area contributed by atoms with Gasteiger partial charge in [-0.3, -0.25) is 19.5 Å². The van der Waals surface area contributed by atoms with E-state index in [1.165, 1.54) is 13.1 Å². The van der Waals surface area contributed by atoms with Crippen molar-refractivity contribution in [2.45, 2.75) is 24.9 Å². The van der Waals surface area contributed by atoms with Crippen molar-refractivity contribution < 1.29 is 22.7 Å². The topological polar surface area (TPSA) is 82.7 Å². The Kier molecular flexibility index (Phi) is 6.84. The summed E-state index contributed by atoms with van der Waals surface area (Å²) >= 11 is 0. The Morgan fingerprint density at radius 3 is 2.71 bits per heavy atom. The first-order chi connectivity index (χ1) is 13.2. The zero-order valence-corrected chi connectivity index (χ0v) is 15.9. The molecule has 0 aromatic heterocycles. The fraction of sp³-hybridized carbons (Fsp3) is 0.474. The van der Waals surface area contributed by atoms with Crippen molar-refractivity contribution in [2.75, 3.05) is 31.8 Å². The minimum atomic E-state index is -1.50. The normalized spacial score (nSPS) is 20.3. The number of nitrogens with zero attached hydrogens (tertiary/aromatic N) is 2. The van der Waals surface area contributed by atoms with Crippen LogP contribution in [0.2, 0.25) is 0 Å². The molecule has 0 radical (unpaired) electrons. The Balaban J connectivity index is 2.55. The van der Waals surface area contributed by atoms with Gasteiger partial charge in [0, 0.05) is 31.4 Å². The Hall–Kier alpha value is -2.39. The van der Waals surface area contributed by atoms with E-state index >= 15 is 0 Å². The first-order valence-corrected chi connectivity index (χ1v) is 8.80. The summed E-state index contributed by atoms with van der Waals surface area (Å²) in [5.74, 6) is -4.17. The van der Waals surface area contributed by atoms with Crippen molar-refractivity contribution in [3.8, 4) is 0 Å². The second kappa shape index (κ2) is 8.74. The van der Waals surface area contributed by atoms with E-state index in [1.807, 2.05) is 0 Å². The van der Waals surface area contributed by atoms with Crippen LogP contribution >= 0.6 is 0 Å². The molecule has 2 unspecified atom stereocenters. The van der Waals surface area contributed by atoms with Crippen LogP contribution in [0, 0.1) is 23.0 Å². The second-order valence-corrected chi connectivity index (χ2v) is 6.87. The summed E-state index contributed by atoms with van der Waals surface area (Å²) in [7, 11) is 1.13. The molecule has 2 rings (SSSR count). The monoisotopic (exact) mass is 398 g/mol. The molecule has 1 aromatic carbocycles. The van der Waals surface area contributed by atoms with Gasteiger partial charge in [0.15, 0.2) is 0 Å². The number of halogens is 3. The predicted octanol–water partition coefficient (Wildman–Crippen LogP) is 2.44. The summed E-state index contributed by atoms with van der Waals surface area (Å²) in [4.78, 5) is 15.1. The first-order valence-electron chi connectivity index (χ1n) is 8.80. The maximum absolute atomic E-state index is 14.4. The van der Waals surface area contributed by atoms with Gasteiger partial charge < -0.3 is 15.4 Å². The smallest absolute Gasteiger partial charge is 0.313 e. The number of nitrogens with two attached hydrogens (primary N) is 1. The highest BCUT2D eigenvalue weighted by Gasteiger charge is 2.51. The third kappa shape index (κ3) is 3.90. The van der Waals surface area contributed by atoms with Gasteiger partial charge in [0.1, 0.15) is 30.1 Å². The number of likely N-dealkylation sites (tertiary alicyclic amines) is 1. The van der Waals surface area contributed by atoms with E-state index < -0.39 is 35.7 Å². The molecular weight excluding hydrogens is 373 g/mol. The Bertz CT molecular complexity index is 761. The number of rotatable bonds is 7. The van der Waals surface area contributed by atoms with Crippen LogP contribution in [0.25, 0.3) is 0 Å². The van der Waals surface area contributed by atoms with Gasteiger partial charge in [-0.1, -0.05) is 6.58 Å². The third-order valence-corrected chi connectivity index (χ3v) is 5.27. The number of esters is 1. The number of hydrogen-bond donors (Lipinski definition) is 2. The molecule has 0 bridgehead atoms. The molecule has 6 nitrogen and oxygen atoms in total. The van der Waals surface area contributed by atoms with Gasteiger partial charge >= 0.3 is 5.97 Å². The molecule has 1 saturated heterocycles. The average molecular weight is 398 g/mol. The van der Waals surface area contributed by atoms with Crippen molar-refractivity contribution in [1.29, 1.82) is 5.41 Å². The number of nitrogens with one attached hydrogen (secondary N) is 1. The number of alkyl halides is 1. The number of benzene rings is 1. The summed E-state index contributed by atoms with van der Waals surface area (Å²) in [5.41, 5.74) is 4.34. The molecule has 154 valence electrons. The molecule has 1 aliphatic heterocycles. The number of hydrogen-bond acceptors (Lipinski definition) is 5. The number of amidine groups is 1. The Labute approximate surface area is 162 Å². The van der Waals surface area contributed by atoms with Crippen molar-refractivity contribution in [2.24, 2.45) is 11.7 Å². The average Bonchev–Trinajstić information content (AvgIpc) is 3.10. The number of carbonyl (C=O) groups is 1. The highest BCUT2D eigenvalue weighted by molar-refractivity contribution is 6.06. The van der Waals surface area contributed by atoms with Crippen molar-refractivity contribution >= 4 is 17.5 Å². The number of anilines is 1. The highest BCUT2D eigenvalue weighted by atomic mass is 19.1. The molecule has 3 N–H and O–H groups in total. The van der Waals surface area contributed by atoms with E-state index in [0.29, 0.717) is 25.6 Å². The molecule has 1 heterocycles. The van der Waals surface area contributed by atoms with E-state index in [9.17, 15) is 18.0 Å². The van der Waals surface area contributed by atoms with Crippen LogP contribution in [0.3, 0.4) is 0 Å². The lowest BCUT2D eigenvalue weighted by Gasteiger charge is -2.45. The number of ether oxygens (including phenoxy) is 1. The van der Waals surface area contributed by atoms with Crippen LogP contribution < -0.4 is 10.6 Å². The van der Waals surface area contributed by atoms with Crippen LogP contribution in [0.4, 0.5) is 18.9 Å². The summed E-state index contributed by atoms with van der Waals surface area (Å²) in [6, 6.07) is 2.66. The summed E-state index contributed by atoms with van der Waals surface area (Å²) in [5, 5.41) is 8.76. The zero-order chi connectivity index (χ0) is 21.1. The van der Waals surface area contributed by atoms with Gasteiger partial charge in [0.2, 0.25) is 0 Å². The van der Waals surface area contributed by atoms with Crippen LogP contribution in [-0.4, -0.2) is 55.2 Å². The molecule has 3 atom stereocenters. The first kappa shape index (κ1) is 21.9. The van der Waals surface area contributed by atoms with Crippen molar-refractivity contribution in [3.05, 3.63) is 42.6 Å². The lowest BCUT2D eigenvalue weighted by molar-refractivity contribution is -0.149. The quantitative estimate of drug-likeness (QED) is 0.419. The van der Waals surface area contributed by atoms with Crippen molar-refractivity contribution in [3.63, 3.8) is 0 Å². The highest BCUT2D eigenvalue weighted by Crippen LogP contribution is 2.35. The summed E-state index contributed by atoms with van der Waals surface area (Å²) in [6.45, 7) is 4.77. The Morgan fingerprint density at radius 1 is 1.57 bits per heavy atom. The zero-order valence-electron chi connectivity index (χ0n) is 15.9. The van der Waals surface area contributed by atoms with Gasteiger partial charge in [-0.25, -0.2) is 8.78 Å². The van der Waals surface area contributed by atoms with Crippen molar-refractivity contribution in [1.82, 2.24) is 4.90 Å². The fourth-order valence-electron chi connectivity index (χ4n) is 3.56. The maximum atomic E-state index is 14.4. The van der Waals surface area contributed by atoms with Crippen LogP contribution in [0.5, 0.6) is 0 Å². The minimum absolute atomic E-state index is 0.140. The van der Waals surface area contributed by atoms with Crippen LogP contribution in [0.15, 0.2) is 31.0 Å². The molecular formula is C19H25F3N4O2. The maximum Gasteiger partial charge on any atom is 0.313 e. The van der Waals surface area contributed by atoms with Gasteiger partial charge in [-0.15, -0.1) is 0 Å². The second-order valence-electron chi connectivity index (χ2n) is 6.87. The molecule has 0 aliphatic carbocycles. The third-order valence-electron chi connectivity index (χ3n) is 5.27. The van der Waals surface area contributed by atoms with Gasteiger partial charge in [0.05, 0.1) is 18.3 Å². The number of methoxy groups -OCH3 is 1. The lowest BCUT2D eigenvalue weighted by Crippen LogP contribution is -2.63. The van der Waals surface area contributed by atoms with E-state index in [2.05, 4.69) is 6.58 Å². The Morgan fingerprint density at radius 2 is 2.25 bits per heavy atom. The van der Waals surface area contributed by atoms with E-state index in [0.717, 1.165) is 24.1 Å². The predicted molar refractivity (Wildman–Crippen MR) is 101 cm³/mol. The largest absolute Gasteiger partial charge is 0.469 e. The summed E-state index contributed by atoms with van der Waals surface area (Å²) in [6.07, 6.45) is 1.77.